The summed E-state index contributed by atoms with van der Waals surface area (Å²) in [5, 5.41) is 11.9. The van der Waals surface area contributed by atoms with Gasteiger partial charge in [0.15, 0.2) is 0 Å². The van der Waals surface area contributed by atoms with Crippen molar-refractivity contribution in [1.29, 1.82) is 0 Å². The summed E-state index contributed by atoms with van der Waals surface area (Å²) in [5.74, 6) is 0.179. The summed E-state index contributed by atoms with van der Waals surface area (Å²) in [6, 6.07) is 0.955. The van der Waals surface area contributed by atoms with Gasteiger partial charge in [0.05, 0.1) is 12.1 Å². The van der Waals surface area contributed by atoms with E-state index in [-0.39, 0.29) is 17.5 Å². The Morgan fingerprint density at radius 3 is 2.92 bits per heavy atom. The molecule has 5 nitrogen and oxygen atoms in total. The molecule has 0 aliphatic carbocycles. The maximum atomic E-state index is 10.8. The second-order valence-electron chi connectivity index (χ2n) is 2.50. The van der Waals surface area contributed by atoms with Gasteiger partial charge in [-0.15, -0.1) is 0 Å². The predicted molar refractivity (Wildman–Crippen MR) is 44.0 cm³/mol. The van der Waals surface area contributed by atoms with Gasteiger partial charge < -0.3 is 15.4 Å². The summed E-state index contributed by atoms with van der Waals surface area (Å²) in [6.45, 7) is 1.83. The smallest absolute Gasteiger partial charge is 0.254 e. The van der Waals surface area contributed by atoms with E-state index < -0.39 is 0 Å². The number of aromatic hydroxyl groups is 1. The molecule has 3 N–H and O–H groups in total. The first-order valence-corrected chi connectivity index (χ1v) is 3.61. The zero-order valence-corrected chi connectivity index (χ0v) is 6.96. The number of aromatic amines is 1. The summed E-state index contributed by atoms with van der Waals surface area (Å²) >= 11 is 0. The molecule has 1 rings (SSSR count). The fourth-order valence-corrected chi connectivity index (χ4v) is 0.805. The highest BCUT2D eigenvalue weighted by Gasteiger charge is 2.05. The summed E-state index contributed by atoms with van der Waals surface area (Å²) in [6.07, 6.45) is 0. The van der Waals surface area contributed by atoms with Crippen molar-refractivity contribution in [3.8, 4) is 5.88 Å². The van der Waals surface area contributed by atoms with E-state index in [1.54, 1.807) is 7.05 Å². The van der Waals surface area contributed by atoms with E-state index >= 15 is 0 Å². The van der Waals surface area contributed by atoms with Gasteiger partial charge in [0, 0.05) is 0 Å². The van der Waals surface area contributed by atoms with Crippen LogP contribution in [-0.2, 0) is 0 Å². The maximum Gasteiger partial charge on any atom is 0.254 e. The van der Waals surface area contributed by atoms with Crippen molar-refractivity contribution in [2.24, 2.45) is 0 Å². The number of rotatable bonds is 2. The van der Waals surface area contributed by atoms with Crippen LogP contribution in [-0.4, -0.2) is 22.1 Å². The lowest BCUT2D eigenvalue weighted by molar-refractivity contribution is 0.442. The lowest BCUT2D eigenvalue weighted by Gasteiger charge is -2.07. The van der Waals surface area contributed by atoms with Crippen LogP contribution < -0.4 is 10.9 Å². The standard InChI is InChI=1S/C7H11N3O2/c1-4(8-2)7-9-5(11)3-6(12)10-7/h3-4,8H,1-2H3,(H2,9,10,11,12). The number of hydrogen-bond acceptors (Lipinski definition) is 4. The van der Waals surface area contributed by atoms with E-state index in [4.69, 9.17) is 5.11 Å². The third kappa shape index (κ3) is 1.82. The molecule has 0 spiro atoms. The minimum atomic E-state index is -0.348. The minimum absolute atomic E-state index is 0.0789. The Kier molecular flexibility index (Phi) is 2.44. The third-order valence-corrected chi connectivity index (χ3v) is 1.59. The first-order valence-electron chi connectivity index (χ1n) is 3.61. The van der Waals surface area contributed by atoms with Crippen molar-refractivity contribution in [2.75, 3.05) is 7.05 Å². The van der Waals surface area contributed by atoms with E-state index in [1.165, 1.54) is 0 Å². The zero-order chi connectivity index (χ0) is 9.14. The monoisotopic (exact) mass is 169 g/mol. The molecule has 1 atom stereocenters. The number of H-pyrrole nitrogens is 1. The van der Waals surface area contributed by atoms with Crippen LogP contribution in [0.2, 0.25) is 0 Å². The Morgan fingerprint density at radius 1 is 1.75 bits per heavy atom. The topological polar surface area (TPSA) is 78.0 Å². The van der Waals surface area contributed by atoms with Crippen LogP contribution in [0.25, 0.3) is 0 Å². The number of hydrogen-bond donors (Lipinski definition) is 3. The van der Waals surface area contributed by atoms with Crippen LogP contribution in [0.4, 0.5) is 0 Å². The molecule has 0 fully saturated rings. The quantitative estimate of drug-likeness (QED) is 0.570. The molecule has 1 heterocycles. The minimum Gasteiger partial charge on any atom is -0.493 e. The highest BCUT2D eigenvalue weighted by molar-refractivity contribution is 5.08. The molecular weight excluding hydrogens is 158 g/mol. The van der Waals surface area contributed by atoms with Gasteiger partial charge in [0.2, 0.25) is 5.88 Å². The summed E-state index contributed by atoms with van der Waals surface area (Å²) in [4.78, 5) is 17.1. The molecule has 5 heteroatoms. The predicted octanol–water partition coefficient (Wildman–Crippen LogP) is -0.244. The van der Waals surface area contributed by atoms with Crippen LogP contribution in [0.15, 0.2) is 10.9 Å². The first kappa shape index (κ1) is 8.73. The molecule has 66 valence electrons. The van der Waals surface area contributed by atoms with E-state index in [0.29, 0.717) is 5.82 Å². The van der Waals surface area contributed by atoms with Crippen molar-refractivity contribution in [3.05, 3.63) is 22.2 Å². The number of nitrogens with one attached hydrogen (secondary N) is 2. The van der Waals surface area contributed by atoms with Crippen molar-refractivity contribution in [3.63, 3.8) is 0 Å². The first-order chi connectivity index (χ1) is 5.63. The van der Waals surface area contributed by atoms with Crippen LogP contribution in [0.1, 0.15) is 18.8 Å². The molecule has 0 saturated carbocycles. The largest absolute Gasteiger partial charge is 0.493 e. The normalized spacial score (nSPS) is 12.8. The maximum absolute atomic E-state index is 10.8. The number of aromatic nitrogens is 2. The van der Waals surface area contributed by atoms with Gasteiger partial charge in [-0.05, 0) is 14.0 Å². The van der Waals surface area contributed by atoms with Gasteiger partial charge >= 0.3 is 0 Å². The fraction of sp³-hybridized carbons (Fsp3) is 0.429. The van der Waals surface area contributed by atoms with Gasteiger partial charge in [-0.25, -0.2) is 0 Å². The summed E-state index contributed by atoms with van der Waals surface area (Å²) in [5.41, 5.74) is -0.348. The highest BCUT2D eigenvalue weighted by atomic mass is 16.3. The van der Waals surface area contributed by atoms with Gasteiger partial charge in [-0.1, -0.05) is 0 Å². The lowest BCUT2D eigenvalue weighted by atomic mass is 10.3. The lowest BCUT2D eigenvalue weighted by Crippen LogP contribution is -2.19. The SMILES string of the molecule is CNC(C)c1nc(O)cc(=O)[nH]1. The molecule has 0 aliphatic heterocycles. The fourth-order valence-electron chi connectivity index (χ4n) is 0.805. The second kappa shape index (κ2) is 3.36. The van der Waals surface area contributed by atoms with E-state index in [0.717, 1.165) is 6.07 Å². The molecule has 0 bridgehead atoms. The average molecular weight is 169 g/mol. The molecule has 1 unspecified atom stereocenters. The highest BCUT2D eigenvalue weighted by Crippen LogP contribution is 2.06. The molecule has 0 aliphatic rings. The summed E-state index contributed by atoms with van der Waals surface area (Å²) in [7, 11) is 1.74. The Morgan fingerprint density at radius 2 is 2.42 bits per heavy atom. The molecule has 12 heavy (non-hydrogen) atoms. The number of nitrogens with zero attached hydrogens (tertiary/aromatic N) is 1. The van der Waals surface area contributed by atoms with Crippen molar-refractivity contribution >= 4 is 0 Å². The van der Waals surface area contributed by atoms with Gasteiger partial charge in [0.1, 0.15) is 5.82 Å². The van der Waals surface area contributed by atoms with Crippen molar-refractivity contribution < 1.29 is 5.11 Å². The Balaban J connectivity index is 3.08. The van der Waals surface area contributed by atoms with Crippen LogP contribution in [0.5, 0.6) is 5.88 Å². The molecule has 0 aromatic carbocycles. The molecule has 0 saturated heterocycles. The second-order valence-corrected chi connectivity index (χ2v) is 2.50. The molecule has 0 amide bonds. The molecule has 0 radical (unpaired) electrons. The van der Waals surface area contributed by atoms with Crippen LogP contribution in [0, 0.1) is 0 Å². The Labute approximate surface area is 69.5 Å². The average Bonchev–Trinajstić information content (AvgIpc) is 2.01. The van der Waals surface area contributed by atoms with Crippen LogP contribution >= 0.6 is 0 Å². The Hall–Kier alpha value is -1.36. The van der Waals surface area contributed by atoms with Gasteiger partial charge in [0.25, 0.3) is 5.56 Å². The van der Waals surface area contributed by atoms with Crippen molar-refractivity contribution in [2.45, 2.75) is 13.0 Å². The van der Waals surface area contributed by atoms with Gasteiger partial charge in [-0.3, -0.25) is 4.79 Å². The molecular formula is C7H11N3O2. The molecule has 1 aromatic heterocycles. The van der Waals surface area contributed by atoms with E-state index in [1.807, 2.05) is 6.92 Å². The Bertz CT molecular complexity index is 321. The van der Waals surface area contributed by atoms with Gasteiger partial charge in [-0.2, -0.15) is 4.98 Å². The van der Waals surface area contributed by atoms with Crippen molar-refractivity contribution in [1.82, 2.24) is 15.3 Å². The van der Waals surface area contributed by atoms with Crippen LogP contribution in [0.3, 0.4) is 0 Å². The van der Waals surface area contributed by atoms with E-state index in [9.17, 15) is 4.79 Å². The molecule has 1 aromatic rings. The zero-order valence-electron chi connectivity index (χ0n) is 6.96. The van der Waals surface area contributed by atoms with E-state index in [2.05, 4.69) is 15.3 Å². The summed E-state index contributed by atoms with van der Waals surface area (Å²) < 4.78 is 0. The third-order valence-electron chi connectivity index (χ3n) is 1.59.